The molecule has 1 aromatic carbocycles. The van der Waals surface area contributed by atoms with Crippen molar-refractivity contribution in [2.24, 2.45) is 0 Å². The van der Waals surface area contributed by atoms with E-state index >= 15 is 0 Å². The molecule has 0 spiro atoms. The Kier molecular flexibility index (Phi) is 7.31. The maximum atomic E-state index is 11.8. The van der Waals surface area contributed by atoms with Crippen molar-refractivity contribution in [2.75, 3.05) is 0 Å². The fourth-order valence-corrected chi connectivity index (χ4v) is 2.05. The first-order valence-electron chi connectivity index (χ1n) is 6.49. The van der Waals surface area contributed by atoms with E-state index in [1.54, 1.807) is 18.3 Å². The van der Waals surface area contributed by atoms with Gasteiger partial charge in [-0.15, -0.1) is 5.10 Å². The number of halogens is 1. The van der Waals surface area contributed by atoms with E-state index in [-0.39, 0.29) is 12.5 Å². The molecule has 1 N–H and O–H groups in total. The van der Waals surface area contributed by atoms with Crippen LogP contribution in [0.3, 0.4) is 0 Å². The van der Waals surface area contributed by atoms with Crippen LogP contribution in [0.5, 0.6) is 5.88 Å². The van der Waals surface area contributed by atoms with E-state index in [1.165, 1.54) is 4.09 Å². The standard InChI is InChI=1S/C12H12BrN3O2S.C2H6/c1-8-3-2-4-9(12(17)14-13)10(8)7-18-11-5-6-16(19)15-11;1-2/h2-6,19H,7H2,1H3,(H,14,17);1-2H3. The summed E-state index contributed by atoms with van der Waals surface area (Å²) in [5, 5.41) is 4.00. The predicted molar refractivity (Wildman–Crippen MR) is 89.9 cm³/mol. The van der Waals surface area contributed by atoms with Crippen LogP contribution < -0.4 is 9.08 Å². The van der Waals surface area contributed by atoms with Crippen LogP contribution in [0, 0.1) is 6.92 Å². The summed E-state index contributed by atoms with van der Waals surface area (Å²) >= 11 is 6.97. The molecule has 114 valence electrons. The molecule has 1 amide bonds. The van der Waals surface area contributed by atoms with Gasteiger partial charge in [-0.2, -0.15) is 0 Å². The summed E-state index contributed by atoms with van der Waals surface area (Å²) in [6, 6.07) is 7.22. The average molecular weight is 372 g/mol. The Balaban J connectivity index is 0.00000106. The lowest BCUT2D eigenvalue weighted by molar-refractivity contribution is 0.0984. The second-order valence-electron chi connectivity index (χ2n) is 3.89. The smallest absolute Gasteiger partial charge is 0.261 e. The second kappa shape index (κ2) is 8.74. The van der Waals surface area contributed by atoms with Crippen molar-refractivity contribution in [3.63, 3.8) is 0 Å². The number of carbonyl (C=O) groups is 1. The van der Waals surface area contributed by atoms with Crippen molar-refractivity contribution < 1.29 is 9.53 Å². The number of carbonyl (C=O) groups excluding carboxylic acids is 1. The van der Waals surface area contributed by atoms with Crippen LogP contribution in [-0.2, 0) is 6.61 Å². The molecule has 1 heterocycles. The monoisotopic (exact) mass is 371 g/mol. The highest BCUT2D eigenvalue weighted by Gasteiger charge is 2.13. The Bertz CT molecular complexity index is 602. The first-order chi connectivity index (χ1) is 10.1. The van der Waals surface area contributed by atoms with Crippen LogP contribution in [0.1, 0.15) is 35.3 Å². The summed E-state index contributed by atoms with van der Waals surface area (Å²) < 4.78 is 9.35. The van der Waals surface area contributed by atoms with Gasteiger partial charge in [0.25, 0.3) is 5.91 Å². The van der Waals surface area contributed by atoms with Crippen LogP contribution in [0.4, 0.5) is 0 Å². The van der Waals surface area contributed by atoms with E-state index in [9.17, 15) is 4.79 Å². The fraction of sp³-hybridized carbons (Fsp3) is 0.286. The molecule has 0 aliphatic carbocycles. The number of nitrogens with one attached hydrogen (secondary N) is 1. The number of aromatic nitrogens is 2. The maximum absolute atomic E-state index is 11.8. The van der Waals surface area contributed by atoms with Gasteiger partial charge in [-0.3, -0.25) is 9.14 Å². The highest BCUT2D eigenvalue weighted by Crippen LogP contribution is 2.17. The Labute approximate surface area is 138 Å². The van der Waals surface area contributed by atoms with Crippen LogP contribution in [0.25, 0.3) is 0 Å². The molecule has 0 aliphatic heterocycles. The Morgan fingerprint density at radius 1 is 1.43 bits per heavy atom. The average Bonchev–Trinajstić information content (AvgIpc) is 2.92. The van der Waals surface area contributed by atoms with Gasteiger partial charge in [0.1, 0.15) is 6.61 Å². The minimum Gasteiger partial charge on any atom is -0.472 e. The highest BCUT2D eigenvalue weighted by molar-refractivity contribution is 9.08. The summed E-state index contributed by atoms with van der Waals surface area (Å²) in [7, 11) is 0. The van der Waals surface area contributed by atoms with Crippen LogP contribution in [0.15, 0.2) is 30.5 Å². The number of rotatable bonds is 4. The second-order valence-corrected chi connectivity index (χ2v) is 4.69. The Morgan fingerprint density at radius 3 is 2.71 bits per heavy atom. The number of hydrogen-bond donors (Lipinski definition) is 2. The molecule has 2 rings (SSSR count). The van der Waals surface area contributed by atoms with E-state index in [4.69, 9.17) is 4.74 Å². The molecule has 0 radical (unpaired) electrons. The molecule has 2 aromatic rings. The molecule has 0 bridgehead atoms. The topological polar surface area (TPSA) is 56.1 Å². The zero-order valence-corrected chi connectivity index (χ0v) is 14.6. The lowest BCUT2D eigenvalue weighted by Crippen LogP contribution is -2.16. The molecular formula is C14H18BrN3O2S. The molecule has 0 fully saturated rings. The molecule has 0 saturated heterocycles. The van der Waals surface area contributed by atoms with Gasteiger partial charge < -0.3 is 4.74 Å². The molecule has 1 aromatic heterocycles. The molecule has 7 heteroatoms. The van der Waals surface area contributed by atoms with Gasteiger partial charge in [-0.25, -0.2) is 4.09 Å². The Hall–Kier alpha value is -1.47. The molecule has 0 unspecified atom stereocenters. The summed E-state index contributed by atoms with van der Waals surface area (Å²) in [5.41, 5.74) is 2.38. The van der Waals surface area contributed by atoms with Gasteiger partial charge in [-0.05, 0) is 31.4 Å². The number of benzene rings is 1. The van der Waals surface area contributed by atoms with Crippen molar-refractivity contribution in [1.29, 1.82) is 0 Å². The van der Waals surface area contributed by atoms with Gasteiger partial charge in [0.05, 0.1) is 0 Å². The molecule has 0 aliphatic rings. The van der Waals surface area contributed by atoms with E-state index in [0.29, 0.717) is 11.4 Å². The first kappa shape index (κ1) is 17.6. The summed E-state index contributed by atoms with van der Waals surface area (Å²) in [5.74, 6) is 0.255. The van der Waals surface area contributed by atoms with Crippen molar-refractivity contribution in [3.05, 3.63) is 47.2 Å². The van der Waals surface area contributed by atoms with E-state index in [0.717, 1.165) is 11.1 Å². The van der Waals surface area contributed by atoms with Crippen molar-refractivity contribution in [3.8, 4) is 5.88 Å². The van der Waals surface area contributed by atoms with Crippen LogP contribution in [-0.4, -0.2) is 15.1 Å². The largest absolute Gasteiger partial charge is 0.472 e. The molecule has 5 nitrogen and oxygen atoms in total. The van der Waals surface area contributed by atoms with E-state index in [2.05, 4.69) is 38.4 Å². The van der Waals surface area contributed by atoms with Crippen LogP contribution in [0.2, 0.25) is 0 Å². The summed E-state index contributed by atoms with van der Waals surface area (Å²) in [4.78, 5) is 11.8. The van der Waals surface area contributed by atoms with Gasteiger partial charge in [0.2, 0.25) is 5.88 Å². The zero-order valence-electron chi connectivity index (χ0n) is 12.1. The maximum Gasteiger partial charge on any atom is 0.261 e. The number of hydrogen-bond acceptors (Lipinski definition) is 4. The number of amides is 1. The number of ether oxygens (including phenoxy) is 1. The third-order valence-corrected chi connectivity index (χ3v) is 3.24. The zero-order chi connectivity index (χ0) is 15.8. The van der Waals surface area contributed by atoms with Gasteiger partial charge in [0.15, 0.2) is 0 Å². The highest BCUT2D eigenvalue weighted by atomic mass is 79.9. The lowest BCUT2D eigenvalue weighted by atomic mass is 10.0. The molecule has 21 heavy (non-hydrogen) atoms. The van der Waals surface area contributed by atoms with Crippen molar-refractivity contribution in [1.82, 2.24) is 13.5 Å². The minimum atomic E-state index is -0.206. The van der Waals surface area contributed by atoms with Crippen molar-refractivity contribution in [2.45, 2.75) is 27.4 Å². The molecule has 0 atom stereocenters. The lowest BCUT2D eigenvalue weighted by Gasteiger charge is -2.11. The number of nitrogens with zero attached hydrogens (tertiary/aromatic N) is 2. The van der Waals surface area contributed by atoms with Crippen molar-refractivity contribution >= 4 is 34.9 Å². The predicted octanol–water partition coefficient (Wildman–Crippen LogP) is 3.53. The number of aryl methyl sites for hydroxylation is 1. The van der Waals surface area contributed by atoms with Crippen LogP contribution >= 0.6 is 29.0 Å². The molecule has 0 saturated carbocycles. The van der Waals surface area contributed by atoms with Gasteiger partial charge >= 0.3 is 0 Å². The summed E-state index contributed by atoms with van der Waals surface area (Å²) in [6.07, 6.45) is 1.67. The third-order valence-electron chi connectivity index (χ3n) is 2.66. The quantitative estimate of drug-likeness (QED) is 0.638. The molecular weight excluding hydrogens is 354 g/mol. The third kappa shape index (κ3) is 4.78. The van der Waals surface area contributed by atoms with Gasteiger partial charge in [0, 0.05) is 39.5 Å². The Morgan fingerprint density at radius 2 is 2.14 bits per heavy atom. The normalized spacial score (nSPS) is 9.57. The summed E-state index contributed by atoms with van der Waals surface area (Å²) in [6.45, 7) is 6.20. The fourth-order valence-electron chi connectivity index (χ4n) is 1.68. The number of thiol groups is 1. The van der Waals surface area contributed by atoms with Gasteiger partial charge in [-0.1, -0.05) is 26.0 Å². The first-order valence-corrected chi connectivity index (χ1v) is 7.68. The minimum absolute atomic E-state index is 0.206. The van der Waals surface area contributed by atoms with E-state index < -0.39 is 0 Å². The van der Waals surface area contributed by atoms with E-state index in [1.807, 2.05) is 32.9 Å². The SMILES string of the molecule is CC.Cc1cccc(C(=O)NBr)c1COc1ccn(S)n1.